The quantitative estimate of drug-likeness (QED) is 0.271. The van der Waals surface area contributed by atoms with Gasteiger partial charge in [-0.1, -0.05) is 0 Å². The predicted molar refractivity (Wildman–Crippen MR) is 52.4 cm³/mol. The molecule has 0 bridgehead atoms. The Morgan fingerprint density at radius 1 is 1.27 bits per heavy atom. The molecule has 0 aromatic rings. The second-order valence-electron chi connectivity index (χ2n) is 3.85. The van der Waals surface area contributed by atoms with Gasteiger partial charge < -0.3 is 19.2 Å². The highest BCUT2D eigenvalue weighted by Gasteiger charge is 2.24. The van der Waals surface area contributed by atoms with Gasteiger partial charge in [0.1, 0.15) is 6.10 Å². The van der Waals surface area contributed by atoms with Crippen molar-refractivity contribution in [2.45, 2.75) is 19.3 Å². The summed E-state index contributed by atoms with van der Waals surface area (Å²) in [6, 6.07) is 0. The molecule has 0 rings (SSSR count). The third-order valence-electron chi connectivity index (χ3n) is 1.43. The van der Waals surface area contributed by atoms with Crippen LogP contribution in [0.3, 0.4) is 0 Å². The Balaban J connectivity index is 0. The molecular weight excluding hydrogens is 226 g/mol. The molecule has 2 unspecified atom stereocenters. The van der Waals surface area contributed by atoms with Gasteiger partial charge in [-0.05, 0) is 6.92 Å². The molecular formula is C7H19NO6S. The Labute approximate surface area is 90.4 Å². The van der Waals surface area contributed by atoms with Crippen LogP contribution in [0.25, 0.3) is 0 Å². The first kappa shape index (κ1) is 17.2. The Bertz CT molecular complexity index is 255. The average Bonchev–Trinajstić information content (AvgIpc) is 2.01. The molecule has 15 heavy (non-hydrogen) atoms. The molecule has 0 heterocycles. The summed E-state index contributed by atoms with van der Waals surface area (Å²) in [6.45, 7) is 1.58. The highest BCUT2D eigenvalue weighted by Crippen LogP contribution is 2.02. The molecule has 0 spiro atoms. The summed E-state index contributed by atoms with van der Waals surface area (Å²) in [5, 5.41) is 18.1. The lowest BCUT2D eigenvalue weighted by molar-refractivity contribution is -0.922. The van der Waals surface area contributed by atoms with Crippen molar-refractivity contribution < 1.29 is 31.8 Å². The lowest BCUT2D eigenvalue weighted by Crippen LogP contribution is -2.50. The monoisotopic (exact) mass is 245 g/mol. The van der Waals surface area contributed by atoms with Crippen LogP contribution in [0.5, 0.6) is 0 Å². The van der Waals surface area contributed by atoms with E-state index in [1.165, 1.54) is 0 Å². The van der Waals surface area contributed by atoms with Gasteiger partial charge in [-0.15, -0.1) is 0 Å². The standard InChI is InChI=1S/C6H16NO2.CH4O4S/c1-5(8)6(9)7(2,3)4;1-5-6(2,3)4/h5-6,8-9H,1-4H3;1H3,(H,2,3,4)/q+1;/p-1. The molecule has 0 saturated heterocycles. The van der Waals surface area contributed by atoms with Gasteiger partial charge in [0.25, 0.3) is 0 Å². The summed E-state index contributed by atoms with van der Waals surface area (Å²) in [4.78, 5) is 0. The third-order valence-corrected chi connectivity index (χ3v) is 1.84. The number of hydrogen-bond donors (Lipinski definition) is 2. The van der Waals surface area contributed by atoms with Crippen molar-refractivity contribution in [3.8, 4) is 0 Å². The molecule has 2 atom stereocenters. The number of quaternary nitrogens is 1. The van der Waals surface area contributed by atoms with Crippen molar-refractivity contribution in [1.82, 2.24) is 0 Å². The third kappa shape index (κ3) is 11.7. The topological polar surface area (TPSA) is 107 Å². The summed E-state index contributed by atoms with van der Waals surface area (Å²) >= 11 is 0. The van der Waals surface area contributed by atoms with E-state index in [4.69, 9.17) is 5.11 Å². The van der Waals surface area contributed by atoms with E-state index in [1.54, 1.807) is 6.92 Å². The predicted octanol–water partition coefficient (Wildman–Crippen LogP) is -1.52. The maximum atomic E-state index is 9.22. The maximum absolute atomic E-state index is 9.22. The molecule has 0 aromatic carbocycles. The van der Waals surface area contributed by atoms with E-state index in [0.717, 1.165) is 7.11 Å². The summed E-state index contributed by atoms with van der Waals surface area (Å²) in [6.07, 6.45) is -1.35. The minimum Gasteiger partial charge on any atom is -0.726 e. The second kappa shape index (κ2) is 6.36. The van der Waals surface area contributed by atoms with Crippen LogP contribution in [0.4, 0.5) is 0 Å². The highest BCUT2D eigenvalue weighted by molar-refractivity contribution is 7.80. The molecule has 0 fully saturated rings. The van der Waals surface area contributed by atoms with Crippen LogP contribution in [0.15, 0.2) is 0 Å². The Kier molecular flexibility index (Phi) is 7.27. The Hall–Kier alpha value is -0.250. The van der Waals surface area contributed by atoms with Crippen LogP contribution >= 0.6 is 0 Å². The van der Waals surface area contributed by atoms with Crippen LogP contribution < -0.4 is 0 Å². The van der Waals surface area contributed by atoms with Gasteiger partial charge in [-0.25, -0.2) is 8.42 Å². The van der Waals surface area contributed by atoms with E-state index in [0.29, 0.717) is 4.48 Å². The van der Waals surface area contributed by atoms with E-state index < -0.39 is 22.7 Å². The lowest BCUT2D eigenvalue weighted by Gasteiger charge is -2.31. The summed E-state index contributed by atoms with van der Waals surface area (Å²) < 4.78 is 31.4. The summed E-state index contributed by atoms with van der Waals surface area (Å²) in [5.41, 5.74) is 0. The molecule has 0 aliphatic carbocycles. The van der Waals surface area contributed by atoms with Gasteiger partial charge in [0.05, 0.1) is 28.3 Å². The number of likely N-dealkylation sites (N-methyl/N-ethyl adjacent to an activating group) is 1. The van der Waals surface area contributed by atoms with Crippen LogP contribution in [0, 0.1) is 0 Å². The molecule has 94 valence electrons. The normalized spacial score (nSPS) is 16.3. The molecule has 0 amide bonds. The molecule has 0 saturated carbocycles. The fourth-order valence-corrected chi connectivity index (χ4v) is 0.647. The van der Waals surface area contributed by atoms with Crippen LogP contribution in [0.1, 0.15) is 6.92 Å². The molecule has 0 aliphatic heterocycles. The van der Waals surface area contributed by atoms with E-state index in [-0.39, 0.29) is 0 Å². The second-order valence-corrected chi connectivity index (χ2v) is 5.00. The number of aliphatic hydroxyl groups excluding tert-OH is 2. The SMILES string of the molecule is CC(O)C(O)[N+](C)(C)C.COS(=O)(=O)[O-]. The first-order valence-electron chi connectivity index (χ1n) is 4.10. The van der Waals surface area contributed by atoms with E-state index in [9.17, 15) is 18.1 Å². The van der Waals surface area contributed by atoms with Gasteiger partial charge in [-0.3, -0.25) is 4.18 Å². The summed E-state index contributed by atoms with van der Waals surface area (Å²) in [5.74, 6) is 0. The van der Waals surface area contributed by atoms with Gasteiger partial charge in [0.2, 0.25) is 16.6 Å². The maximum Gasteiger partial charge on any atom is 0.217 e. The zero-order valence-electron chi connectivity index (χ0n) is 9.54. The summed E-state index contributed by atoms with van der Waals surface area (Å²) in [7, 11) is 1.89. The minimum absolute atomic E-state index is 0.373. The van der Waals surface area contributed by atoms with E-state index >= 15 is 0 Å². The zero-order valence-corrected chi connectivity index (χ0v) is 10.4. The molecule has 0 radical (unpaired) electrons. The van der Waals surface area contributed by atoms with Crippen molar-refractivity contribution in [2.24, 2.45) is 0 Å². The van der Waals surface area contributed by atoms with Crippen LogP contribution in [0.2, 0.25) is 0 Å². The number of hydrogen-bond acceptors (Lipinski definition) is 6. The van der Waals surface area contributed by atoms with Crippen LogP contribution in [-0.2, 0) is 14.6 Å². The van der Waals surface area contributed by atoms with Crippen LogP contribution in [-0.4, -0.2) is 68.3 Å². The Morgan fingerprint density at radius 2 is 1.53 bits per heavy atom. The fraction of sp³-hybridized carbons (Fsp3) is 1.00. The Morgan fingerprint density at radius 3 is 1.53 bits per heavy atom. The highest BCUT2D eigenvalue weighted by atomic mass is 32.3. The van der Waals surface area contributed by atoms with Gasteiger partial charge in [0.15, 0.2) is 0 Å². The van der Waals surface area contributed by atoms with Crippen molar-refractivity contribution in [1.29, 1.82) is 0 Å². The van der Waals surface area contributed by atoms with Gasteiger partial charge >= 0.3 is 0 Å². The number of nitrogens with zero attached hydrogens (tertiary/aromatic N) is 1. The van der Waals surface area contributed by atoms with Crippen molar-refractivity contribution in [2.75, 3.05) is 28.3 Å². The molecule has 8 heteroatoms. The zero-order chi connectivity index (χ0) is 12.9. The van der Waals surface area contributed by atoms with E-state index in [2.05, 4.69) is 4.18 Å². The lowest BCUT2D eigenvalue weighted by atomic mass is 10.3. The van der Waals surface area contributed by atoms with Crippen molar-refractivity contribution in [3.05, 3.63) is 0 Å². The number of rotatable bonds is 3. The smallest absolute Gasteiger partial charge is 0.217 e. The molecule has 7 nitrogen and oxygen atoms in total. The molecule has 2 N–H and O–H groups in total. The number of aliphatic hydroxyl groups is 2. The molecule has 0 aliphatic rings. The van der Waals surface area contributed by atoms with Gasteiger partial charge in [0, 0.05) is 0 Å². The molecule has 0 aromatic heterocycles. The van der Waals surface area contributed by atoms with Gasteiger partial charge in [-0.2, -0.15) is 0 Å². The minimum atomic E-state index is -4.41. The largest absolute Gasteiger partial charge is 0.726 e. The fourth-order valence-electron chi connectivity index (χ4n) is 0.647. The average molecular weight is 245 g/mol. The first-order valence-corrected chi connectivity index (χ1v) is 5.44. The van der Waals surface area contributed by atoms with E-state index in [1.807, 2.05) is 21.1 Å². The van der Waals surface area contributed by atoms with Crippen molar-refractivity contribution >= 4 is 10.4 Å². The first-order chi connectivity index (χ1) is 6.41. The van der Waals surface area contributed by atoms with Crippen molar-refractivity contribution in [3.63, 3.8) is 0 Å².